The summed E-state index contributed by atoms with van der Waals surface area (Å²) in [6.45, 7) is 3.71. The summed E-state index contributed by atoms with van der Waals surface area (Å²) in [4.78, 5) is 31.8. The number of nitrogens with zero attached hydrogens (tertiary/aromatic N) is 4. The number of amides is 1. The van der Waals surface area contributed by atoms with Gasteiger partial charge in [0.2, 0.25) is 5.91 Å². The van der Waals surface area contributed by atoms with Crippen LogP contribution in [0.4, 0.5) is 5.69 Å². The van der Waals surface area contributed by atoms with Gasteiger partial charge in [-0.15, -0.1) is 0 Å². The predicted octanol–water partition coefficient (Wildman–Crippen LogP) is 6.02. The summed E-state index contributed by atoms with van der Waals surface area (Å²) in [5.41, 5.74) is 3.08. The Morgan fingerprint density at radius 2 is 1.85 bits per heavy atom. The third-order valence-electron chi connectivity index (χ3n) is 8.28. The molecule has 6 rings (SSSR count). The molecule has 206 valence electrons. The Morgan fingerprint density at radius 1 is 1.05 bits per heavy atom. The van der Waals surface area contributed by atoms with Gasteiger partial charge in [-0.3, -0.25) is 9.79 Å². The molecule has 3 heterocycles. The van der Waals surface area contributed by atoms with Gasteiger partial charge >= 0.3 is 0 Å². The highest BCUT2D eigenvalue weighted by atomic mass is 35.5. The van der Waals surface area contributed by atoms with Gasteiger partial charge in [0, 0.05) is 47.1 Å². The lowest BCUT2D eigenvalue weighted by Gasteiger charge is -2.36. The van der Waals surface area contributed by atoms with E-state index in [0.29, 0.717) is 17.4 Å². The first-order chi connectivity index (χ1) is 19.6. The smallest absolute Gasteiger partial charge is 0.225 e. The quantitative estimate of drug-likeness (QED) is 0.290. The fraction of sp³-hybridized carbons (Fsp3) is 0.364. The van der Waals surface area contributed by atoms with Crippen LogP contribution in [-0.4, -0.2) is 40.0 Å². The minimum absolute atomic E-state index is 0.0863. The Kier molecular flexibility index (Phi) is 7.87. The van der Waals surface area contributed by atoms with E-state index in [2.05, 4.69) is 52.2 Å². The SMILES string of the molecule is CCCCC(CC1N=c2ccccc2=CN1c1cccc(Cl)c1)C(=O)N1CCC(c2nc3ccccc3[nH]2)CC1. The van der Waals surface area contributed by atoms with Crippen molar-refractivity contribution in [2.24, 2.45) is 10.9 Å². The molecule has 2 aliphatic rings. The van der Waals surface area contributed by atoms with E-state index in [-0.39, 0.29) is 18.0 Å². The Hall–Kier alpha value is -3.64. The summed E-state index contributed by atoms with van der Waals surface area (Å²) >= 11 is 6.38. The fourth-order valence-corrected chi connectivity index (χ4v) is 6.25. The van der Waals surface area contributed by atoms with Crippen LogP contribution < -0.4 is 15.5 Å². The van der Waals surface area contributed by atoms with E-state index in [4.69, 9.17) is 21.6 Å². The number of rotatable bonds is 8. The number of unbranched alkanes of at least 4 members (excludes halogenated alkanes) is 1. The molecule has 4 aromatic rings. The lowest BCUT2D eigenvalue weighted by atomic mass is 9.91. The van der Waals surface area contributed by atoms with Gasteiger partial charge in [0.05, 0.1) is 16.4 Å². The average Bonchev–Trinajstić information content (AvgIpc) is 3.43. The number of piperidine rings is 1. The number of anilines is 1. The van der Waals surface area contributed by atoms with E-state index >= 15 is 0 Å². The van der Waals surface area contributed by atoms with E-state index < -0.39 is 0 Å². The fourth-order valence-electron chi connectivity index (χ4n) is 6.07. The van der Waals surface area contributed by atoms with Crippen LogP contribution in [-0.2, 0) is 4.79 Å². The lowest BCUT2D eigenvalue weighted by molar-refractivity contribution is -0.137. The van der Waals surface area contributed by atoms with Crippen LogP contribution in [0, 0.1) is 5.92 Å². The van der Waals surface area contributed by atoms with Crippen LogP contribution in [0.1, 0.15) is 57.2 Å². The summed E-state index contributed by atoms with van der Waals surface area (Å²) in [6, 6.07) is 24.2. The van der Waals surface area contributed by atoms with Crippen LogP contribution in [0.25, 0.3) is 17.2 Å². The number of carbonyl (C=O) groups excluding carboxylic acids is 1. The molecular weight excluding hydrogens is 518 g/mol. The molecule has 0 aliphatic carbocycles. The first-order valence-corrected chi connectivity index (χ1v) is 14.9. The topological polar surface area (TPSA) is 64.6 Å². The second-order valence-electron chi connectivity index (χ2n) is 11.0. The molecule has 1 aromatic heterocycles. The Balaban J connectivity index is 1.20. The van der Waals surface area contributed by atoms with E-state index in [1.54, 1.807) is 0 Å². The van der Waals surface area contributed by atoms with E-state index in [1.165, 1.54) is 0 Å². The van der Waals surface area contributed by atoms with Crippen molar-refractivity contribution >= 4 is 40.4 Å². The molecule has 1 fully saturated rings. The average molecular weight is 554 g/mol. The molecule has 1 N–H and O–H groups in total. The lowest BCUT2D eigenvalue weighted by Crippen LogP contribution is -2.46. The summed E-state index contributed by atoms with van der Waals surface area (Å²) in [7, 11) is 0. The van der Waals surface area contributed by atoms with E-state index in [9.17, 15) is 4.79 Å². The van der Waals surface area contributed by atoms with Gasteiger partial charge in [-0.2, -0.15) is 0 Å². The normalized spacial score (nSPS) is 18.2. The van der Waals surface area contributed by atoms with Crippen molar-refractivity contribution in [3.8, 4) is 0 Å². The molecule has 6 nitrogen and oxygen atoms in total. The maximum atomic E-state index is 14.0. The van der Waals surface area contributed by atoms with Gasteiger partial charge in [-0.25, -0.2) is 4.98 Å². The molecular formula is C33H36ClN5O. The largest absolute Gasteiger partial charge is 0.342 e. The molecule has 40 heavy (non-hydrogen) atoms. The molecule has 0 bridgehead atoms. The van der Waals surface area contributed by atoms with Crippen LogP contribution in [0.5, 0.6) is 0 Å². The number of aromatic nitrogens is 2. The Labute approximate surface area is 240 Å². The Bertz CT molecular complexity index is 1570. The van der Waals surface area contributed by atoms with Crippen molar-refractivity contribution in [2.45, 2.75) is 57.5 Å². The first kappa shape index (κ1) is 26.6. The zero-order valence-electron chi connectivity index (χ0n) is 23.0. The van der Waals surface area contributed by atoms with Crippen molar-refractivity contribution in [1.82, 2.24) is 14.9 Å². The summed E-state index contributed by atoms with van der Waals surface area (Å²) in [5.74, 6) is 1.57. The highest BCUT2D eigenvalue weighted by Gasteiger charge is 2.33. The van der Waals surface area contributed by atoms with Crippen molar-refractivity contribution in [2.75, 3.05) is 18.0 Å². The van der Waals surface area contributed by atoms with Gasteiger partial charge in [0.1, 0.15) is 12.0 Å². The van der Waals surface area contributed by atoms with Crippen molar-refractivity contribution in [3.05, 3.63) is 94.2 Å². The third-order valence-corrected chi connectivity index (χ3v) is 8.52. The summed E-state index contributed by atoms with van der Waals surface area (Å²) < 4.78 is 0. The van der Waals surface area contributed by atoms with Crippen LogP contribution in [0.15, 0.2) is 77.8 Å². The molecule has 1 saturated heterocycles. The number of hydrogen-bond acceptors (Lipinski definition) is 4. The Morgan fingerprint density at radius 3 is 2.65 bits per heavy atom. The van der Waals surface area contributed by atoms with Crippen LogP contribution >= 0.6 is 11.6 Å². The van der Waals surface area contributed by atoms with Gasteiger partial charge in [-0.1, -0.05) is 67.8 Å². The van der Waals surface area contributed by atoms with Gasteiger partial charge in [0.25, 0.3) is 0 Å². The first-order valence-electron chi connectivity index (χ1n) is 14.5. The molecule has 3 aromatic carbocycles. The number of likely N-dealkylation sites (tertiary alicyclic amines) is 1. The number of para-hydroxylation sites is 3. The standard InChI is InChI=1S/C33H36ClN5O/c1-2-3-9-24(33(40)38-18-16-23(17-19-38)32-36-29-14-6-7-15-30(29)37-32)20-31-35-28-13-5-4-10-25(28)22-39(31)27-12-8-11-26(34)21-27/h4-8,10-15,21-24,31H,2-3,9,16-20H2,1H3,(H,36,37). The number of imidazole rings is 1. The molecule has 2 atom stereocenters. The summed E-state index contributed by atoms with van der Waals surface area (Å²) in [5, 5.41) is 2.73. The number of fused-ring (bicyclic) bond motifs is 2. The minimum atomic E-state index is -0.174. The van der Waals surface area contributed by atoms with Crippen molar-refractivity contribution in [3.63, 3.8) is 0 Å². The minimum Gasteiger partial charge on any atom is -0.342 e. The zero-order chi connectivity index (χ0) is 27.5. The highest BCUT2D eigenvalue weighted by molar-refractivity contribution is 6.30. The monoisotopic (exact) mass is 553 g/mol. The second-order valence-corrected chi connectivity index (χ2v) is 11.4. The highest BCUT2D eigenvalue weighted by Crippen LogP contribution is 2.31. The second kappa shape index (κ2) is 11.8. The molecule has 0 radical (unpaired) electrons. The number of hydrogen-bond donors (Lipinski definition) is 1. The maximum absolute atomic E-state index is 14.0. The third kappa shape index (κ3) is 5.64. The molecule has 1 amide bonds. The van der Waals surface area contributed by atoms with Gasteiger partial charge < -0.3 is 14.8 Å². The van der Waals surface area contributed by atoms with Crippen LogP contribution in [0.2, 0.25) is 5.02 Å². The molecule has 2 aliphatic heterocycles. The summed E-state index contributed by atoms with van der Waals surface area (Å²) in [6.07, 6.45) is 7.45. The number of carbonyl (C=O) groups is 1. The number of aromatic amines is 1. The molecule has 0 saturated carbocycles. The number of H-pyrrole nitrogens is 1. The predicted molar refractivity (Wildman–Crippen MR) is 162 cm³/mol. The van der Waals surface area contributed by atoms with Crippen molar-refractivity contribution < 1.29 is 4.79 Å². The molecule has 2 unspecified atom stereocenters. The van der Waals surface area contributed by atoms with Crippen molar-refractivity contribution in [1.29, 1.82) is 0 Å². The van der Waals surface area contributed by atoms with Crippen LogP contribution in [0.3, 0.4) is 0 Å². The molecule has 0 spiro atoms. The maximum Gasteiger partial charge on any atom is 0.225 e. The number of benzene rings is 3. The molecule has 7 heteroatoms. The van der Waals surface area contributed by atoms with E-state index in [1.807, 2.05) is 48.5 Å². The number of halogens is 1. The van der Waals surface area contributed by atoms with Gasteiger partial charge in [0.15, 0.2) is 0 Å². The van der Waals surface area contributed by atoms with E-state index in [0.717, 1.165) is 78.3 Å². The number of nitrogens with one attached hydrogen (secondary N) is 1. The van der Waals surface area contributed by atoms with Gasteiger partial charge in [-0.05, 0) is 62.1 Å². The zero-order valence-corrected chi connectivity index (χ0v) is 23.7.